The molecule has 0 aromatic rings. The molecule has 0 fully saturated rings. The quantitative estimate of drug-likeness (QED) is 0.547. The Hall–Kier alpha value is -0.750. The minimum atomic E-state index is 0.633. The smallest absolute Gasteiger partial charge is 0.0472 e. The Labute approximate surface area is 67.2 Å². The second-order valence-corrected chi connectivity index (χ2v) is 2.18. The van der Waals surface area contributed by atoms with Gasteiger partial charge in [0.25, 0.3) is 0 Å². The maximum absolute atomic E-state index is 5.75. The van der Waals surface area contributed by atoms with Crippen LogP contribution < -0.4 is 0 Å². The summed E-state index contributed by atoms with van der Waals surface area (Å²) in [5, 5.41) is 0.633. The summed E-state index contributed by atoms with van der Waals surface area (Å²) in [4.78, 5) is 0. The van der Waals surface area contributed by atoms with E-state index in [1.54, 1.807) is 12.2 Å². The first-order valence-electron chi connectivity index (χ1n) is 3.02. The lowest BCUT2D eigenvalue weighted by Gasteiger charge is -1.92. The van der Waals surface area contributed by atoms with E-state index in [9.17, 15) is 0 Å². The molecule has 0 aliphatic heterocycles. The summed E-state index contributed by atoms with van der Waals surface area (Å²) in [6.45, 7) is 9.14. The zero-order chi connectivity index (χ0) is 7.98. The van der Waals surface area contributed by atoms with Crippen molar-refractivity contribution in [2.75, 3.05) is 0 Å². The van der Waals surface area contributed by atoms with Crippen LogP contribution in [0.15, 0.2) is 48.1 Å². The predicted octanol–water partition coefficient (Wildman–Crippen LogP) is 3.43. The van der Waals surface area contributed by atoms with Gasteiger partial charge < -0.3 is 0 Å². The van der Waals surface area contributed by atoms with Crippen LogP contribution in [0.3, 0.4) is 0 Å². The molecule has 0 atom stereocenters. The number of hydrogen-bond donors (Lipinski definition) is 0. The molecule has 54 valence electrons. The largest absolute Gasteiger partial charge is 0.0984 e. The molecular weight excluding hydrogens is 144 g/mol. The van der Waals surface area contributed by atoms with Gasteiger partial charge in [-0.25, -0.2) is 0 Å². The molecule has 0 heterocycles. The molecule has 1 heteroatoms. The molecule has 0 aliphatic carbocycles. The molecule has 0 unspecified atom stereocenters. The highest BCUT2D eigenvalue weighted by Gasteiger charge is 1.89. The van der Waals surface area contributed by atoms with Gasteiger partial charge in [0.2, 0.25) is 0 Å². The number of rotatable bonds is 3. The fraction of sp³-hybridized carbons (Fsp3) is 0.111. The van der Waals surface area contributed by atoms with Gasteiger partial charge in [0, 0.05) is 5.03 Å². The van der Waals surface area contributed by atoms with E-state index in [1.165, 1.54) is 0 Å². The monoisotopic (exact) mass is 154 g/mol. The lowest BCUT2D eigenvalue weighted by Crippen LogP contribution is -1.71. The Kier molecular flexibility index (Phi) is 4.69. The topological polar surface area (TPSA) is 0 Å². The van der Waals surface area contributed by atoms with Crippen LogP contribution in [-0.2, 0) is 0 Å². The van der Waals surface area contributed by atoms with Crippen molar-refractivity contribution in [1.29, 1.82) is 0 Å². The average molecular weight is 155 g/mol. The fourth-order valence-corrected chi connectivity index (χ4v) is 0.535. The standard InChI is InChI=1S/C9H11Cl/c1-4-6-7-9(10)8(3)5-2/h4-7H,2-3H2,1H3/b6-4-,9-7+. The normalized spacial score (nSPS) is 12.0. The zero-order valence-electron chi connectivity index (χ0n) is 6.10. The third-order valence-electron chi connectivity index (χ3n) is 0.988. The maximum atomic E-state index is 5.75. The molecular formula is C9H11Cl. The lowest BCUT2D eigenvalue weighted by atomic mass is 10.2. The molecule has 0 aliphatic rings. The van der Waals surface area contributed by atoms with Crippen molar-refractivity contribution in [1.82, 2.24) is 0 Å². The Morgan fingerprint density at radius 3 is 2.50 bits per heavy atom. The van der Waals surface area contributed by atoms with Gasteiger partial charge in [0.15, 0.2) is 0 Å². The van der Waals surface area contributed by atoms with Crippen LogP contribution >= 0.6 is 11.6 Å². The maximum Gasteiger partial charge on any atom is 0.0472 e. The van der Waals surface area contributed by atoms with Crippen LogP contribution in [0.4, 0.5) is 0 Å². The second-order valence-electron chi connectivity index (χ2n) is 1.77. The molecule has 0 amide bonds. The van der Waals surface area contributed by atoms with Gasteiger partial charge in [0.05, 0.1) is 0 Å². The average Bonchev–Trinajstić information content (AvgIpc) is 1.98. The van der Waals surface area contributed by atoms with E-state index in [0.717, 1.165) is 5.57 Å². The van der Waals surface area contributed by atoms with E-state index >= 15 is 0 Å². The summed E-state index contributed by atoms with van der Waals surface area (Å²) >= 11 is 5.75. The fourth-order valence-electron chi connectivity index (χ4n) is 0.385. The molecule has 0 bridgehead atoms. The molecule has 0 aromatic carbocycles. The highest BCUT2D eigenvalue weighted by molar-refractivity contribution is 6.32. The van der Waals surface area contributed by atoms with E-state index in [2.05, 4.69) is 13.2 Å². The first-order chi connectivity index (χ1) is 4.72. The van der Waals surface area contributed by atoms with Crippen LogP contribution in [0.25, 0.3) is 0 Å². The van der Waals surface area contributed by atoms with Crippen molar-refractivity contribution in [2.24, 2.45) is 0 Å². The Morgan fingerprint density at radius 2 is 2.10 bits per heavy atom. The minimum absolute atomic E-state index is 0.633. The summed E-state index contributed by atoms with van der Waals surface area (Å²) in [6.07, 6.45) is 7.17. The molecule has 0 radical (unpaired) electrons. The van der Waals surface area contributed by atoms with Gasteiger partial charge in [-0.05, 0) is 18.6 Å². The molecule has 0 N–H and O–H groups in total. The van der Waals surface area contributed by atoms with Gasteiger partial charge in [0.1, 0.15) is 0 Å². The van der Waals surface area contributed by atoms with Gasteiger partial charge >= 0.3 is 0 Å². The van der Waals surface area contributed by atoms with Crippen molar-refractivity contribution in [2.45, 2.75) is 6.92 Å². The summed E-state index contributed by atoms with van der Waals surface area (Å²) in [7, 11) is 0. The van der Waals surface area contributed by atoms with E-state index in [-0.39, 0.29) is 0 Å². The predicted molar refractivity (Wildman–Crippen MR) is 48.1 cm³/mol. The van der Waals surface area contributed by atoms with Crippen molar-refractivity contribution in [3.8, 4) is 0 Å². The number of hydrogen-bond acceptors (Lipinski definition) is 0. The Morgan fingerprint density at radius 1 is 1.50 bits per heavy atom. The zero-order valence-corrected chi connectivity index (χ0v) is 6.86. The van der Waals surface area contributed by atoms with Crippen molar-refractivity contribution >= 4 is 11.6 Å². The molecule has 10 heavy (non-hydrogen) atoms. The van der Waals surface area contributed by atoms with Crippen LogP contribution in [0, 0.1) is 0 Å². The van der Waals surface area contributed by atoms with Crippen molar-refractivity contribution in [3.05, 3.63) is 48.1 Å². The lowest BCUT2D eigenvalue weighted by molar-refractivity contribution is 1.67. The van der Waals surface area contributed by atoms with Crippen LogP contribution in [0.1, 0.15) is 6.92 Å². The third-order valence-corrected chi connectivity index (χ3v) is 1.36. The first-order valence-corrected chi connectivity index (χ1v) is 3.40. The van der Waals surface area contributed by atoms with Gasteiger partial charge in [-0.1, -0.05) is 43.0 Å². The van der Waals surface area contributed by atoms with Crippen molar-refractivity contribution in [3.63, 3.8) is 0 Å². The third kappa shape index (κ3) is 3.31. The van der Waals surface area contributed by atoms with Gasteiger partial charge in [-0.3, -0.25) is 0 Å². The van der Waals surface area contributed by atoms with E-state index < -0.39 is 0 Å². The Balaban J connectivity index is 4.18. The number of halogens is 1. The van der Waals surface area contributed by atoms with Crippen LogP contribution in [0.5, 0.6) is 0 Å². The highest BCUT2D eigenvalue weighted by atomic mass is 35.5. The van der Waals surface area contributed by atoms with Crippen LogP contribution in [-0.4, -0.2) is 0 Å². The first kappa shape index (κ1) is 9.25. The van der Waals surface area contributed by atoms with E-state index in [4.69, 9.17) is 11.6 Å². The summed E-state index contributed by atoms with van der Waals surface area (Å²) < 4.78 is 0. The summed E-state index contributed by atoms with van der Waals surface area (Å²) in [6, 6.07) is 0. The molecule has 0 aromatic heterocycles. The van der Waals surface area contributed by atoms with Crippen molar-refractivity contribution < 1.29 is 0 Å². The molecule has 0 saturated carbocycles. The second kappa shape index (κ2) is 5.07. The molecule has 0 nitrogen and oxygen atoms in total. The van der Waals surface area contributed by atoms with Crippen LogP contribution in [0.2, 0.25) is 0 Å². The summed E-state index contributed by atoms with van der Waals surface area (Å²) in [5.74, 6) is 0. The highest BCUT2D eigenvalue weighted by Crippen LogP contribution is 2.12. The summed E-state index contributed by atoms with van der Waals surface area (Å²) in [5.41, 5.74) is 0.750. The minimum Gasteiger partial charge on any atom is -0.0984 e. The van der Waals surface area contributed by atoms with E-state index in [0.29, 0.717) is 5.03 Å². The Bertz CT molecular complexity index is 185. The molecule has 0 saturated heterocycles. The SMILES string of the molecule is C=CC(=C)/C(Cl)=C\C=C/C. The van der Waals surface area contributed by atoms with Gasteiger partial charge in [-0.2, -0.15) is 0 Å². The molecule has 0 spiro atoms. The number of allylic oxidation sites excluding steroid dienone is 6. The van der Waals surface area contributed by atoms with Gasteiger partial charge in [-0.15, -0.1) is 0 Å². The molecule has 0 rings (SSSR count). The van der Waals surface area contributed by atoms with E-state index in [1.807, 2.05) is 19.1 Å².